The molecule has 0 atom stereocenters. The van der Waals surface area contributed by atoms with Crippen LogP contribution in [0.15, 0.2) is 18.2 Å². The molecule has 6 heteroatoms. The van der Waals surface area contributed by atoms with Gasteiger partial charge in [-0.2, -0.15) is 13.2 Å². The molecule has 0 radical (unpaired) electrons. The summed E-state index contributed by atoms with van der Waals surface area (Å²) in [6.45, 7) is 0. The van der Waals surface area contributed by atoms with Gasteiger partial charge in [-0.05, 0) is 24.6 Å². The zero-order valence-electron chi connectivity index (χ0n) is 8.85. The number of hydrogen-bond donors (Lipinski definition) is 1. The lowest BCUT2D eigenvalue weighted by Crippen LogP contribution is -2.08. The Labute approximate surface area is 102 Å². The highest BCUT2D eigenvalue weighted by atomic mass is 35.5. The largest absolute Gasteiger partial charge is 0.398 e. The minimum Gasteiger partial charge on any atom is -0.398 e. The van der Waals surface area contributed by atoms with E-state index in [-0.39, 0.29) is 29.2 Å². The second-order valence-electron chi connectivity index (χ2n) is 3.63. The van der Waals surface area contributed by atoms with E-state index in [1.54, 1.807) is 0 Å². The lowest BCUT2D eigenvalue weighted by Gasteiger charge is -2.06. The van der Waals surface area contributed by atoms with Gasteiger partial charge in [0.05, 0.1) is 10.7 Å². The van der Waals surface area contributed by atoms with E-state index < -0.39 is 12.6 Å². The zero-order valence-corrected chi connectivity index (χ0v) is 9.61. The van der Waals surface area contributed by atoms with E-state index in [1.807, 2.05) is 0 Å². The van der Waals surface area contributed by atoms with Gasteiger partial charge in [-0.1, -0.05) is 11.6 Å². The number of alkyl halides is 3. The molecule has 1 rings (SSSR count). The van der Waals surface area contributed by atoms with Gasteiger partial charge in [0.15, 0.2) is 5.78 Å². The molecule has 0 bridgehead atoms. The number of Topliss-reactive ketones (excluding diaryl/α,β-unsaturated/α-hetero) is 1. The molecule has 0 amide bonds. The number of anilines is 1. The van der Waals surface area contributed by atoms with Gasteiger partial charge in [0.25, 0.3) is 0 Å². The van der Waals surface area contributed by atoms with Crippen molar-refractivity contribution >= 4 is 23.1 Å². The third-order valence-corrected chi connectivity index (χ3v) is 2.51. The van der Waals surface area contributed by atoms with Crippen LogP contribution in [0.2, 0.25) is 5.02 Å². The molecule has 94 valence electrons. The Kier molecular flexibility index (Phi) is 4.40. The van der Waals surface area contributed by atoms with E-state index in [0.717, 1.165) is 0 Å². The Morgan fingerprint density at radius 1 is 1.35 bits per heavy atom. The first-order chi connectivity index (χ1) is 7.79. The number of hydrogen-bond acceptors (Lipinski definition) is 2. The first kappa shape index (κ1) is 13.8. The molecule has 0 aromatic heterocycles. The molecule has 1 aromatic carbocycles. The number of carbonyl (C=O) groups excluding carboxylic acids is 1. The van der Waals surface area contributed by atoms with Crippen LogP contribution in [0.1, 0.15) is 29.6 Å². The minimum absolute atomic E-state index is 0.153. The molecule has 0 unspecified atom stereocenters. The van der Waals surface area contributed by atoms with Crippen LogP contribution in [0.4, 0.5) is 18.9 Å². The van der Waals surface area contributed by atoms with Gasteiger partial charge < -0.3 is 5.73 Å². The van der Waals surface area contributed by atoms with Crippen LogP contribution in [0, 0.1) is 0 Å². The summed E-state index contributed by atoms with van der Waals surface area (Å²) in [6, 6.07) is 4.28. The first-order valence-electron chi connectivity index (χ1n) is 4.94. The van der Waals surface area contributed by atoms with E-state index in [4.69, 9.17) is 17.3 Å². The van der Waals surface area contributed by atoms with Crippen LogP contribution >= 0.6 is 11.6 Å². The molecule has 0 heterocycles. The van der Waals surface area contributed by atoms with Gasteiger partial charge in [-0.25, -0.2) is 0 Å². The molecule has 17 heavy (non-hydrogen) atoms. The highest BCUT2D eigenvalue weighted by Crippen LogP contribution is 2.24. The molecule has 0 saturated heterocycles. The van der Waals surface area contributed by atoms with Crippen LogP contribution in [0.3, 0.4) is 0 Å². The van der Waals surface area contributed by atoms with Crippen molar-refractivity contribution < 1.29 is 18.0 Å². The highest BCUT2D eigenvalue weighted by molar-refractivity contribution is 6.33. The lowest BCUT2D eigenvalue weighted by atomic mass is 10.1. The van der Waals surface area contributed by atoms with Gasteiger partial charge in [0, 0.05) is 18.4 Å². The van der Waals surface area contributed by atoms with Gasteiger partial charge in [-0.15, -0.1) is 0 Å². The normalized spacial score (nSPS) is 11.5. The minimum atomic E-state index is -4.22. The average Bonchev–Trinajstić information content (AvgIpc) is 2.20. The average molecular weight is 266 g/mol. The molecule has 2 nitrogen and oxygen atoms in total. The predicted molar refractivity (Wildman–Crippen MR) is 60.1 cm³/mol. The smallest absolute Gasteiger partial charge is 0.389 e. The van der Waals surface area contributed by atoms with Crippen LogP contribution in [0.5, 0.6) is 0 Å². The number of benzene rings is 1. The monoisotopic (exact) mass is 265 g/mol. The molecular formula is C11H11ClF3NO. The van der Waals surface area contributed by atoms with Crippen molar-refractivity contribution in [1.82, 2.24) is 0 Å². The highest BCUT2D eigenvalue weighted by Gasteiger charge is 2.26. The van der Waals surface area contributed by atoms with Gasteiger partial charge >= 0.3 is 6.18 Å². The molecule has 0 fully saturated rings. The predicted octanol–water partition coefficient (Wildman–Crippen LogP) is 3.84. The van der Waals surface area contributed by atoms with Gasteiger partial charge in [0.2, 0.25) is 0 Å². The first-order valence-corrected chi connectivity index (χ1v) is 5.32. The van der Waals surface area contributed by atoms with E-state index in [0.29, 0.717) is 5.69 Å². The maximum absolute atomic E-state index is 11.9. The quantitative estimate of drug-likeness (QED) is 0.664. The summed E-state index contributed by atoms with van der Waals surface area (Å²) in [4.78, 5) is 11.5. The standard InChI is InChI=1S/C11H11ClF3NO/c12-8-6-7(3-4-9(8)16)10(17)2-1-5-11(13,14)15/h3-4,6H,1-2,5,16H2. The Balaban J connectivity index is 2.56. The number of carbonyl (C=O) groups is 1. The van der Waals surface area contributed by atoms with Crippen molar-refractivity contribution in [3.05, 3.63) is 28.8 Å². The Morgan fingerprint density at radius 2 is 2.00 bits per heavy atom. The van der Waals surface area contributed by atoms with Crippen LogP contribution in [-0.4, -0.2) is 12.0 Å². The molecule has 2 N–H and O–H groups in total. The zero-order chi connectivity index (χ0) is 13.1. The van der Waals surface area contributed by atoms with E-state index in [1.165, 1.54) is 18.2 Å². The van der Waals surface area contributed by atoms with Crippen molar-refractivity contribution in [3.8, 4) is 0 Å². The lowest BCUT2D eigenvalue weighted by molar-refractivity contribution is -0.135. The maximum atomic E-state index is 11.9. The number of nitrogens with two attached hydrogens (primary N) is 1. The summed E-state index contributed by atoms with van der Waals surface area (Å²) in [7, 11) is 0. The maximum Gasteiger partial charge on any atom is 0.389 e. The fourth-order valence-corrected chi connectivity index (χ4v) is 1.47. The van der Waals surface area contributed by atoms with Crippen LogP contribution < -0.4 is 5.73 Å². The van der Waals surface area contributed by atoms with Crippen molar-refractivity contribution in [2.45, 2.75) is 25.4 Å². The van der Waals surface area contributed by atoms with Gasteiger partial charge in [0.1, 0.15) is 0 Å². The fraction of sp³-hybridized carbons (Fsp3) is 0.364. The second kappa shape index (κ2) is 5.40. The third-order valence-electron chi connectivity index (χ3n) is 2.19. The number of rotatable bonds is 4. The van der Waals surface area contributed by atoms with E-state index >= 15 is 0 Å². The molecule has 0 aliphatic heterocycles. The third kappa shape index (κ3) is 4.65. The Morgan fingerprint density at radius 3 is 2.53 bits per heavy atom. The fourth-order valence-electron chi connectivity index (χ4n) is 1.29. The molecule has 0 aliphatic rings. The summed E-state index contributed by atoms with van der Waals surface area (Å²) in [5.41, 5.74) is 6.07. The van der Waals surface area contributed by atoms with Crippen molar-refractivity contribution in [3.63, 3.8) is 0 Å². The molecular weight excluding hydrogens is 255 g/mol. The SMILES string of the molecule is Nc1ccc(C(=O)CCCC(F)(F)F)cc1Cl. The Hall–Kier alpha value is -1.23. The second-order valence-corrected chi connectivity index (χ2v) is 4.04. The number of halogens is 4. The summed E-state index contributed by atoms with van der Waals surface area (Å²) in [6.07, 6.45) is -5.55. The molecule has 0 spiro atoms. The van der Waals surface area contributed by atoms with E-state index in [9.17, 15) is 18.0 Å². The van der Waals surface area contributed by atoms with Crippen LogP contribution in [0.25, 0.3) is 0 Å². The summed E-state index contributed by atoms with van der Waals surface area (Å²) in [5.74, 6) is -0.365. The van der Waals surface area contributed by atoms with E-state index in [2.05, 4.69) is 0 Å². The van der Waals surface area contributed by atoms with Crippen LogP contribution in [-0.2, 0) is 0 Å². The molecule has 0 saturated carbocycles. The number of ketones is 1. The molecule has 0 aliphatic carbocycles. The summed E-state index contributed by atoms with van der Waals surface area (Å²) >= 11 is 5.71. The number of nitrogen functional groups attached to an aromatic ring is 1. The van der Waals surface area contributed by atoms with Crippen molar-refractivity contribution in [2.24, 2.45) is 0 Å². The topological polar surface area (TPSA) is 43.1 Å². The summed E-state index contributed by atoms with van der Waals surface area (Å²) in [5, 5.41) is 0.228. The molecule has 1 aromatic rings. The van der Waals surface area contributed by atoms with Crippen molar-refractivity contribution in [1.29, 1.82) is 0 Å². The Bertz CT molecular complexity index is 418. The summed E-state index contributed by atoms with van der Waals surface area (Å²) < 4.78 is 35.6. The van der Waals surface area contributed by atoms with Crippen molar-refractivity contribution in [2.75, 3.05) is 5.73 Å². The van der Waals surface area contributed by atoms with Gasteiger partial charge in [-0.3, -0.25) is 4.79 Å².